The topological polar surface area (TPSA) is 56.7 Å². The highest BCUT2D eigenvalue weighted by molar-refractivity contribution is 5.59. The lowest BCUT2D eigenvalue weighted by Gasteiger charge is -1.95. The third-order valence-electron chi connectivity index (χ3n) is 2.20. The quantitative estimate of drug-likeness (QED) is 0.735. The Labute approximate surface area is 82.4 Å². The van der Waals surface area contributed by atoms with E-state index in [0.717, 1.165) is 17.0 Å². The van der Waals surface area contributed by atoms with Crippen molar-refractivity contribution in [2.45, 2.75) is 6.92 Å². The summed E-state index contributed by atoms with van der Waals surface area (Å²) in [6.45, 7) is 2.02. The van der Waals surface area contributed by atoms with Crippen LogP contribution >= 0.6 is 0 Å². The number of pyridine rings is 1. The normalized spacial score (nSPS) is 10.4. The average Bonchev–Trinajstić information content (AvgIpc) is 2.48. The van der Waals surface area contributed by atoms with E-state index in [9.17, 15) is 0 Å². The van der Waals surface area contributed by atoms with Gasteiger partial charge in [-0.3, -0.25) is 4.68 Å². The van der Waals surface area contributed by atoms with E-state index in [1.807, 2.05) is 30.8 Å². The van der Waals surface area contributed by atoms with Crippen molar-refractivity contribution < 1.29 is 0 Å². The van der Waals surface area contributed by atoms with Gasteiger partial charge in [-0.05, 0) is 25.1 Å². The Morgan fingerprint density at radius 3 is 2.64 bits per heavy atom. The van der Waals surface area contributed by atoms with Gasteiger partial charge in [-0.25, -0.2) is 4.98 Å². The predicted octanol–water partition coefficient (Wildman–Crippen LogP) is 1.37. The lowest BCUT2D eigenvalue weighted by atomic mass is 10.2. The first-order chi connectivity index (χ1) is 6.66. The van der Waals surface area contributed by atoms with Gasteiger partial charge >= 0.3 is 0 Å². The van der Waals surface area contributed by atoms with E-state index in [0.29, 0.717) is 5.82 Å². The highest BCUT2D eigenvalue weighted by Crippen LogP contribution is 2.17. The van der Waals surface area contributed by atoms with Crippen molar-refractivity contribution in [3.8, 4) is 11.3 Å². The number of nitrogens with zero attached hydrogens (tertiary/aromatic N) is 3. The van der Waals surface area contributed by atoms with Crippen molar-refractivity contribution >= 4 is 5.82 Å². The van der Waals surface area contributed by atoms with Gasteiger partial charge in [0.1, 0.15) is 5.82 Å². The van der Waals surface area contributed by atoms with E-state index < -0.39 is 0 Å². The maximum absolute atomic E-state index is 5.50. The van der Waals surface area contributed by atoms with Crippen molar-refractivity contribution in [1.29, 1.82) is 0 Å². The summed E-state index contributed by atoms with van der Waals surface area (Å²) in [6.07, 6.45) is 1.73. The molecule has 0 atom stereocenters. The van der Waals surface area contributed by atoms with Gasteiger partial charge in [-0.15, -0.1) is 0 Å². The summed E-state index contributed by atoms with van der Waals surface area (Å²) in [4.78, 5) is 4.02. The molecule has 2 N–H and O–H groups in total. The summed E-state index contributed by atoms with van der Waals surface area (Å²) in [5.41, 5.74) is 8.54. The molecule has 0 saturated heterocycles. The first kappa shape index (κ1) is 8.74. The Kier molecular flexibility index (Phi) is 1.96. The van der Waals surface area contributed by atoms with Crippen LogP contribution in [0.1, 0.15) is 5.69 Å². The van der Waals surface area contributed by atoms with Gasteiger partial charge in [0.25, 0.3) is 0 Å². The Balaban J connectivity index is 2.44. The molecule has 0 amide bonds. The van der Waals surface area contributed by atoms with Crippen molar-refractivity contribution in [3.63, 3.8) is 0 Å². The number of hydrogen-bond acceptors (Lipinski definition) is 3. The van der Waals surface area contributed by atoms with Crippen LogP contribution in [-0.2, 0) is 7.05 Å². The van der Waals surface area contributed by atoms with Crippen LogP contribution < -0.4 is 5.73 Å². The van der Waals surface area contributed by atoms with Crippen molar-refractivity contribution in [2.24, 2.45) is 7.05 Å². The Hall–Kier alpha value is -1.84. The Bertz CT molecular complexity index is 422. The molecule has 0 aromatic carbocycles. The van der Waals surface area contributed by atoms with Crippen LogP contribution in [0.5, 0.6) is 0 Å². The van der Waals surface area contributed by atoms with Gasteiger partial charge in [0, 0.05) is 24.5 Å². The fourth-order valence-electron chi connectivity index (χ4n) is 1.26. The molecular weight excluding hydrogens is 176 g/mol. The molecule has 0 unspecified atom stereocenters. The first-order valence-corrected chi connectivity index (χ1v) is 4.39. The second-order valence-corrected chi connectivity index (χ2v) is 3.27. The summed E-state index contributed by atoms with van der Waals surface area (Å²) in [5, 5.41) is 4.35. The number of anilines is 1. The SMILES string of the molecule is Cc1cc(-c2ccc(N)nc2)nn1C. The molecule has 4 heteroatoms. The van der Waals surface area contributed by atoms with E-state index in [1.54, 1.807) is 12.3 Å². The minimum absolute atomic E-state index is 0.529. The smallest absolute Gasteiger partial charge is 0.123 e. The third kappa shape index (κ3) is 1.46. The summed E-state index contributed by atoms with van der Waals surface area (Å²) < 4.78 is 1.84. The lowest BCUT2D eigenvalue weighted by Crippen LogP contribution is -1.93. The maximum atomic E-state index is 5.50. The van der Waals surface area contributed by atoms with Crippen LogP contribution in [0, 0.1) is 6.92 Å². The maximum Gasteiger partial charge on any atom is 0.123 e. The summed E-state index contributed by atoms with van der Waals surface area (Å²) in [5.74, 6) is 0.529. The van der Waals surface area contributed by atoms with E-state index in [2.05, 4.69) is 10.1 Å². The molecule has 0 saturated carbocycles. The molecule has 0 aliphatic carbocycles. The minimum Gasteiger partial charge on any atom is -0.384 e. The first-order valence-electron chi connectivity index (χ1n) is 4.39. The average molecular weight is 188 g/mol. The van der Waals surface area contributed by atoms with Gasteiger partial charge in [0.15, 0.2) is 0 Å². The fraction of sp³-hybridized carbons (Fsp3) is 0.200. The van der Waals surface area contributed by atoms with E-state index in [4.69, 9.17) is 5.73 Å². The Morgan fingerprint density at radius 2 is 2.14 bits per heavy atom. The molecule has 2 aromatic rings. The highest BCUT2D eigenvalue weighted by Gasteiger charge is 2.03. The van der Waals surface area contributed by atoms with Crippen LogP contribution in [-0.4, -0.2) is 14.8 Å². The molecule has 0 fully saturated rings. The Morgan fingerprint density at radius 1 is 1.36 bits per heavy atom. The highest BCUT2D eigenvalue weighted by atomic mass is 15.3. The molecule has 0 aliphatic heterocycles. The number of nitrogens with two attached hydrogens (primary N) is 1. The molecule has 2 rings (SSSR count). The van der Waals surface area contributed by atoms with Crippen LogP contribution in [0.2, 0.25) is 0 Å². The zero-order valence-corrected chi connectivity index (χ0v) is 8.23. The van der Waals surface area contributed by atoms with Gasteiger partial charge in [-0.2, -0.15) is 5.10 Å². The molecular formula is C10H12N4. The monoisotopic (exact) mass is 188 g/mol. The second-order valence-electron chi connectivity index (χ2n) is 3.27. The van der Waals surface area contributed by atoms with Crippen molar-refractivity contribution in [3.05, 3.63) is 30.1 Å². The number of aromatic nitrogens is 3. The molecule has 72 valence electrons. The summed E-state index contributed by atoms with van der Waals surface area (Å²) in [7, 11) is 1.92. The number of nitrogen functional groups attached to an aromatic ring is 1. The molecule has 0 aliphatic rings. The summed E-state index contributed by atoms with van der Waals surface area (Å²) >= 11 is 0. The van der Waals surface area contributed by atoms with Gasteiger partial charge in [-0.1, -0.05) is 0 Å². The number of aryl methyl sites for hydroxylation is 2. The van der Waals surface area contributed by atoms with Gasteiger partial charge < -0.3 is 5.73 Å². The second kappa shape index (κ2) is 3.14. The number of rotatable bonds is 1. The molecule has 14 heavy (non-hydrogen) atoms. The molecule has 0 bridgehead atoms. The molecule has 2 aromatic heterocycles. The summed E-state index contributed by atoms with van der Waals surface area (Å²) in [6, 6.07) is 5.72. The number of hydrogen-bond donors (Lipinski definition) is 1. The standard InChI is InChI=1S/C10H12N4/c1-7-5-9(13-14(7)2)8-3-4-10(11)12-6-8/h3-6H,1-2H3,(H2,11,12). The van der Waals surface area contributed by atoms with Crippen molar-refractivity contribution in [2.75, 3.05) is 5.73 Å². The molecule has 4 nitrogen and oxygen atoms in total. The van der Waals surface area contributed by atoms with Gasteiger partial charge in [0.2, 0.25) is 0 Å². The third-order valence-corrected chi connectivity index (χ3v) is 2.20. The fourth-order valence-corrected chi connectivity index (χ4v) is 1.26. The largest absolute Gasteiger partial charge is 0.384 e. The van der Waals surface area contributed by atoms with Crippen LogP contribution in [0.3, 0.4) is 0 Å². The van der Waals surface area contributed by atoms with Crippen LogP contribution in [0.4, 0.5) is 5.82 Å². The molecule has 0 spiro atoms. The molecule has 0 radical (unpaired) electrons. The van der Waals surface area contributed by atoms with Crippen LogP contribution in [0.15, 0.2) is 24.4 Å². The lowest BCUT2D eigenvalue weighted by molar-refractivity contribution is 0.742. The van der Waals surface area contributed by atoms with E-state index in [-0.39, 0.29) is 0 Å². The zero-order chi connectivity index (χ0) is 10.1. The molecule has 2 heterocycles. The van der Waals surface area contributed by atoms with E-state index >= 15 is 0 Å². The van der Waals surface area contributed by atoms with Gasteiger partial charge in [0.05, 0.1) is 5.69 Å². The zero-order valence-electron chi connectivity index (χ0n) is 8.23. The van der Waals surface area contributed by atoms with Crippen LogP contribution in [0.25, 0.3) is 11.3 Å². The predicted molar refractivity (Wildman–Crippen MR) is 55.6 cm³/mol. The minimum atomic E-state index is 0.529. The van der Waals surface area contributed by atoms with E-state index in [1.165, 1.54) is 0 Å². The van der Waals surface area contributed by atoms with Crippen molar-refractivity contribution in [1.82, 2.24) is 14.8 Å².